The Bertz CT molecular complexity index is 890. The highest BCUT2D eigenvalue weighted by atomic mass is 16.5. The molecule has 1 amide bonds. The van der Waals surface area contributed by atoms with Crippen LogP contribution in [0, 0.1) is 0 Å². The van der Waals surface area contributed by atoms with Crippen LogP contribution in [0.15, 0.2) is 54.8 Å². The van der Waals surface area contributed by atoms with Crippen LogP contribution in [-0.2, 0) is 20.7 Å². The van der Waals surface area contributed by atoms with Gasteiger partial charge >= 0.3 is 5.97 Å². The molecule has 1 aromatic rings. The number of phenols is 1. The van der Waals surface area contributed by atoms with Gasteiger partial charge in [-0.25, -0.2) is 4.79 Å². The highest BCUT2D eigenvalue weighted by Crippen LogP contribution is 2.32. The second-order valence-electron chi connectivity index (χ2n) is 8.13. The summed E-state index contributed by atoms with van der Waals surface area (Å²) in [5.41, 5.74) is 0.780. The zero-order valence-corrected chi connectivity index (χ0v) is 18.3. The lowest BCUT2D eigenvalue weighted by Gasteiger charge is -2.36. The van der Waals surface area contributed by atoms with Crippen molar-refractivity contribution >= 4 is 11.9 Å². The Hall–Kier alpha value is -2.90. The van der Waals surface area contributed by atoms with Crippen LogP contribution < -0.4 is 5.32 Å². The third kappa shape index (κ3) is 6.80. The number of benzene rings is 1. The smallest absolute Gasteiger partial charge is 0.342 e. The van der Waals surface area contributed by atoms with Crippen molar-refractivity contribution in [3.05, 3.63) is 65.9 Å². The molecule has 0 aliphatic carbocycles. The van der Waals surface area contributed by atoms with E-state index in [2.05, 4.69) is 5.32 Å². The van der Waals surface area contributed by atoms with Gasteiger partial charge in [0.05, 0.1) is 18.3 Å². The SMILES string of the molecule is CC/C=C\C=C/C(=O)N/C=C/C[C@H]1C[C@@H]2C[C@H](O)C[C@H](Cc3cccc(O)c3C(=O)O1)O2. The van der Waals surface area contributed by atoms with Crippen LogP contribution in [0.2, 0.25) is 0 Å². The molecule has 2 heterocycles. The van der Waals surface area contributed by atoms with E-state index < -0.39 is 18.2 Å². The van der Waals surface area contributed by atoms with Crippen LogP contribution in [0.3, 0.4) is 0 Å². The van der Waals surface area contributed by atoms with Gasteiger partial charge in [-0.2, -0.15) is 0 Å². The van der Waals surface area contributed by atoms with Crippen LogP contribution >= 0.6 is 0 Å². The molecule has 1 fully saturated rings. The fraction of sp³-hybridized carbons (Fsp3) is 0.440. The van der Waals surface area contributed by atoms with Gasteiger partial charge < -0.3 is 25.0 Å². The Balaban J connectivity index is 1.70. The Labute approximate surface area is 188 Å². The van der Waals surface area contributed by atoms with Gasteiger partial charge in [0, 0.05) is 25.1 Å². The third-order valence-corrected chi connectivity index (χ3v) is 5.51. The number of ether oxygens (including phenoxy) is 2. The first kappa shape index (κ1) is 23.8. The monoisotopic (exact) mass is 441 g/mol. The van der Waals surface area contributed by atoms with Crippen molar-refractivity contribution in [2.24, 2.45) is 0 Å². The molecule has 172 valence electrons. The molecule has 7 nitrogen and oxygen atoms in total. The van der Waals surface area contributed by atoms with Crippen molar-refractivity contribution in [2.75, 3.05) is 0 Å². The highest BCUT2D eigenvalue weighted by Gasteiger charge is 2.34. The molecule has 4 atom stereocenters. The van der Waals surface area contributed by atoms with Gasteiger partial charge in [-0.1, -0.05) is 43.4 Å². The Morgan fingerprint density at radius 2 is 2.00 bits per heavy atom. The fourth-order valence-corrected chi connectivity index (χ4v) is 4.07. The Morgan fingerprint density at radius 3 is 2.81 bits per heavy atom. The summed E-state index contributed by atoms with van der Waals surface area (Å²) >= 11 is 0. The minimum absolute atomic E-state index is 0.133. The summed E-state index contributed by atoms with van der Waals surface area (Å²) in [4.78, 5) is 24.7. The first-order chi connectivity index (χ1) is 15.5. The minimum atomic E-state index is -0.577. The number of esters is 1. The van der Waals surface area contributed by atoms with Gasteiger partial charge in [-0.05, 0) is 37.3 Å². The number of amides is 1. The number of hydrogen-bond acceptors (Lipinski definition) is 6. The largest absolute Gasteiger partial charge is 0.507 e. The molecule has 2 bridgehead atoms. The predicted octanol–water partition coefficient (Wildman–Crippen LogP) is 3.31. The average Bonchev–Trinajstić information content (AvgIpc) is 2.73. The number of allylic oxidation sites excluding steroid dienone is 3. The van der Waals surface area contributed by atoms with Crippen LogP contribution in [0.1, 0.15) is 54.9 Å². The molecule has 32 heavy (non-hydrogen) atoms. The maximum atomic E-state index is 12.9. The normalized spacial score (nSPS) is 26.2. The molecule has 7 heteroatoms. The van der Waals surface area contributed by atoms with Crippen molar-refractivity contribution in [1.29, 1.82) is 0 Å². The molecule has 3 rings (SSSR count). The van der Waals surface area contributed by atoms with E-state index in [0.717, 1.165) is 6.42 Å². The number of aromatic hydroxyl groups is 1. The summed E-state index contributed by atoms with van der Waals surface area (Å²) < 4.78 is 11.9. The number of aliphatic hydroxyl groups is 1. The standard InChI is InChI=1S/C25H31NO6/c1-2-3-4-5-11-23(29)26-12-7-9-19-16-21-15-18(27)14-20(31-21)13-17-8-6-10-22(28)24(17)25(30)32-19/h3-8,10-12,18-21,27-28H,2,9,13-16H2,1H3,(H,26,29)/b4-3-,11-5-,12-7+/t18-,19+,20+,21+/m1/s1. The summed E-state index contributed by atoms with van der Waals surface area (Å²) in [6.07, 6.45) is 11.7. The molecule has 1 aromatic carbocycles. The summed E-state index contributed by atoms with van der Waals surface area (Å²) in [5, 5.41) is 23.2. The van der Waals surface area contributed by atoms with Gasteiger partial charge in [0.2, 0.25) is 5.91 Å². The second-order valence-corrected chi connectivity index (χ2v) is 8.13. The average molecular weight is 442 g/mol. The Morgan fingerprint density at radius 1 is 1.19 bits per heavy atom. The van der Waals surface area contributed by atoms with Gasteiger partial charge in [0.25, 0.3) is 0 Å². The summed E-state index contributed by atoms with van der Waals surface area (Å²) in [7, 11) is 0. The minimum Gasteiger partial charge on any atom is -0.507 e. The molecule has 2 aliphatic rings. The predicted molar refractivity (Wildman–Crippen MR) is 120 cm³/mol. The van der Waals surface area contributed by atoms with E-state index in [4.69, 9.17) is 9.47 Å². The van der Waals surface area contributed by atoms with E-state index in [-0.39, 0.29) is 29.4 Å². The molecule has 0 spiro atoms. The Kier molecular flexibility index (Phi) is 8.64. The van der Waals surface area contributed by atoms with E-state index in [9.17, 15) is 19.8 Å². The van der Waals surface area contributed by atoms with Crippen LogP contribution in [0.5, 0.6) is 5.75 Å². The van der Waals surface area contributed by atoms with Crippen LogP contribution in [-0.4, -0.2) is 46.5 Å². The molecule has 3 N–H and O–H groups in total. The number of phenolic OH excluding ortho intramolecular Hbond substituents is 1. The van der Waals surface area contributed by atoms with E-state index in [1.807, 2.05) is 19.1 Å². The van der Waals surface area contributed by atoms with Gasteiger partial charge in [-0.3, -0.25) is 4.79 Å². The van der Waals surface area contributed by atoms with E-state index in [1.165, 1.54) is 18.3 Å². The van der Waals surface area contributed by atoms with Gasteiger partial charge in [-0.15, -0.1) is 0 Å². The van der Waals surface area contributed by atoms with Crippen molar-refractivity contribution in [3.8, 4) is 5.75 Å². The number of fused-ring (bicyclic) bond motifs is 3. The van der Waals surface area contributed by atoms with Crippen molar-refractivity contribution in [2.45, 2.75) is 69.9 Å². The number of aliphatic hydroxyl groups excluding tert-OH is 1. The van der Waals surface area contributed by atoms with Crippen molar-refractivity contribution in [1.82, 2.24) is 5.32 Å². The van der Waals surface area contributed by atoms with E-state index in [0.29, 0.717) is 37.7 Å². The maximum absolute atomic E-state index is 12.9. The molecule has 0 unspecified atom stereocenters. The molecule has 0 aromatic heterocycles. The quantitative estimate of drug-likeness (QED) is 0.355. The molecule has 0 saturated carbocycles. The topological polar surface area (TPSA) is 105 Å². The first-order valence-electron chi connectivity index (χ1n) is 11.1. The number of hydrogen-bond donors (Lipinski definition) is 3. The van der Waals surface area contributed by atoms with E-state index in [1.54, 1.807) is 24.3 Å². The van der Waals surface area contributed by atoms with Gasteiger partial charge in [0.15, 0.2) is 0 Å². The molecule has 0 radical (unpaired) electrons. The summed E-state index contributed by atoms with van der Waals surface area (Å²) in [6.45, 7) is 2.01. The van der Waals surface area contributed by atoms with Crippen LogP contribution in [0.4, 0.5) is 0 Å². The van der Waals surface area contributed by atoms with Gasteiger partial charge in [0.1, 0.15) is 17.4 Å². The molecular formula is C25H31NO6. The zero-order chi connectivity index (χ0) is 22.9. The molecule has 2 aliphatic heterocycles. The number of cyclic esters (lactones) is 1. The van der Waals surface area contributed by atoms with Crippen molar-refractivity contribution < 1.29 is 29.3 Å². The lowest BCUT2D eigenvalue weighted by Crippen LogP contribution is -2.40. The zero-order valence-electron chi connectivity index (χ0n) is 18.3. The number of rotatable bonds is 6. The first-order valence-corrected chi connectivity index (χ1v) is 11.1. The summed E-state index contributed by atoms with van der Waals surface area (Å²) in [6, 6.07) is 4.91. The number of nitrogens with one attached hydrogen (secondary N) is 1. The number of carbonyl (C=O) groups excluding carboxylic acids is 2. The third-order valence-electron chi connectivity index (χ3n) is 5.51. The maximum Gasteiger partial charge on any atom is 0.342 e. The number of carbonyl (C=O) groups is 2. The molecular weight excluding hydrogens is 410 g/mol. The highest BCUT2D eigenvalue weighted by molar-refractivity contribution is 5.94. The van der Waals surface area contributed by atoms with Crippen molar-refractivity contribution in [3.63, 3.8) is 0 Å². The van der Waals surface area contributed by atoms with E-state index >= 15 is 0 Å². The second kappa shape index (κ2) is 11.6. The lowest BCUT2D eigenvalue weighted by molar-refractivity contribution is -0.115. The summed E-state index contributed by atoms with van der Waals surface area (Å²) in [5.74, 6) is -0.969. The lowest BCUT2D eigenvalue weighted by atomic mass is 9.91. The van der Waals surface area contributed by atoms with Crippen LogP contribution in [0.25, 0.3) is 0 Å². The fourth-order valence-electron chi connectivity index (χ4n) is 4.07. The molecule has 1 saturated heterocycles.